The Morgan fingerprint density at radius 1 is 1.41 bits per heavy atom. The number of piperazine rings is 1. The van der Waals surface area contributed by atoms with E-state index in [0.29, 0.717) is 35.5 Å². The number of nitrogens with zero attached hydrogens (tertiary/aromatic N) is 3. The Morgan fingerprint density at radius 3 is 2.89 bits per heavy atom. The van der Waals surface area contributed by atoms with Crippen molar-refractivity contribution < 1.29 is 19.4 Å². The van der Waals surface area contributed by atoms with Gasteiger partial charge in [0, 0.05) is 25.6 Å². The fourth-order valence-corrected chi connectivity index (χ4v) is 3.81. The van der Waals surface area contributed by atoms with Gasteiger partial charge in [-0.2, -0.15) is 0 Å². The van der Waals surface area contributed by atoms with Gasteiger partial charge >= 0.3 is 12.0 Å². The maximum absolute atomic E-state index is 12.5. The predicted molar refractivity (Wildman–Crippen MR) is 104 cm³/mol. The van der Waals surface area contributed by atoms with Crippen LogP contribution in [0.15, 0.2) is 29.6 Å². The van der Waals surface area contributed by atoms with E-state index in [1.165, 1.54) is 11.3 Å². The highest BCUT2D eigenvalue weighted by molar-refractivity contribution is 7.13. The van der Waals surface area contributed by atoms with E-state index >= 15 is 0 Å². The molecule has 0 aliphatic carbocycles. The molecule has 0 radical (unpaired) electrons. The first kappa shape index (κ1) is 19.4. The zero-order valence-corrected chi connectivity index (χ0v) is 16.2. The second-order valence-corrected chi connectivity index (χ2v) is 7.19. The minimum Gasteiger partial charge on any atom is -0.481 e. The molecular weight excluding hydrogens is 392 g/mol. The van der Waals surface area contributed by atoms with E-state index in [1.807, 2.05) is 29.2 Å². The molecule has 1 atom stereocenters. The normalized spacial score (nSPS) is 17.0. The Kier molecular flexibility index (Phi) is 6.15. The number of methoxy groups -OCH3 is 1. The minimum absolute atomic E-state index is 0.172. The first-order valence-electron chi connectivity index (χ1n) is 8.24. The molecular formula is C17H19ClN4O4S. The number of carboxylic acid groups (broad SMARTS) is 1. The Bertz CT molecular complexity index is 831. The van der Waals surface area contributed by atoms with Gasteiger partial charge in [0.2, 0.25) is 0 Å². The van der Waals surface area contributed by atoms with Gasteiger partial charge < -0.3 is 19.6 Å². The fourth-order valence-electron chi connectivity index (χ4n) is 2.87. The van der Waals surface area contributed by atoms with Crippen LogP contribution in [0.2, 0.25) is 5.02 Å². The van der Waals surface area contributed by atoms with E-state index in [2.05, 4.69) is 10.3 Å². The number of carbonyl (C=O) groups excluding carboxylic acids is 1. The molecule has 1 aromatic heterocycles. The second-order valence-electron chi connectivity index (χ2n) is 5.93. The zero-order valence-electron chi connectivity index (χ0n) is 14.6. The highest BCUT2D eigenvalue weighted by Gasteiger charge is 2.31. The van der Waals surface area contributed by atoms with E-state index in [1.54, 1.807) is 17.4 Å². The number of urea groups is 1. The smallest absolute Gasteiger partial charge is 0.323 e. The Balaban J connectivity index is 1.63. The number of benzene rings is 1. The number of aliphatic carboxylic acids is 1. The largest absolute Gasteiger partial charge is 0.481 e. The number of hydrogen-bond donors (Lipinski definition) is 2. The molecule has 144 valence electrons. The molecule has 2 amide bonds. The van der Waals surface area contributed by atoms with Crippen molar-refractivity contribution in [3.05, 3.63) is 40.4 Å². The number of anilines is 2. The van der Waals surface area contributed by atoms with Gasteiger partial charge in [0.25, 0.3) is 0 Å². The summed E-state index contributed by atoms with van der Waals surface area (Å²) >= 11 is 7.48. The van der Waals surface area contributed by atoms with E-state index < -0.39 is 5.97 Å². The first-order chi connectivity index (χ1) is 13.0. The van der Waals surface area contributed by atoms with Crippen LogP contribution in [0.4, 0.5) is 15.6 Å². The molecule has 2 aromatic rings. The maximum Gasteiger partial charge on any atom is 0.323 e. The molecule has 0 spiro atoms. The number of thiazole rings is 1. The average molecular weight is 411 g/mol. The molecule has 2 heterocycles. The fraction of sp³-hybridized carbons (Fsp3) is 0.353. The quantitative estimate of drug-likeness (QED) is 0.787. The van der Waals surface area contributed by atoms with Crippen molar-refractivity contribution in [3.63, 3.8) is 0 Å². The number of aromatic nitrogens is 1. The SMILES string of the molecule is COC1CN(C(=O)Nc2nc(CC(=O)O)cs2)CCN1c1ccccc1Cl. The van der Waals surface area contributed by atoms with Crippen LogP contribution in [-0.2, 0) is 16.0 Å². The third-order valence-electron chi connectivity index (χ3n) is 4.15. The van der Waals surface area contributed by atoms with Crippen LogP contribution in [-0.4, -0.2) is 60.0 Å². The van der Waals surface area contributed by atoms with Crippen LogP contribution in [0.1, 0.15) is 5.69 Å². The van der Waals surface area contributed by atoms with Gasteiger partial charge in [0.05, 0.1) is 29.4 Å². The lowest BCUT2D eigenvalue weighted by atomic mass is 10.2. The van der Waals surface area contributed by atoms with Crippen LogP contribution in [0.3, 0.4) is 0 Å². The summed E-state index contributed by atoms with van der Waals surface area (Å²) in [6.45, 7) is 1.42. The maximum atomic E-state index is 12.5. The second kappa shape index (κ2) is 8.55. The predicted octanol–water partition coefficient (Wildman–Crippen LogP) is 2.75. The van der Waals surface area contributed by atoms with Crippen molar-refractivity contribution in [2.24, 2.45) is 0 Å². The summed E-state index contributed by atoms with van der Waals surface area (Å²) in [5.41, 5.74) is 1.28. The summed E-state index contributed by atoms with van der Waals surface area (Å²) in [4.78, 5) is 31.1. The molecule has 0 saturated carbocycles. The average Bonchev–Trinajstić information content (AvgIpc) is 3.07. The van der Waals surface area contributed by atoms with Gasteiger partial charge in [-0.1, -0.05) is 23.7 Å². The third-order valence-corrected chi connectivity index (χ3v) is 5.28. The third kappa shape index (κ3) is 4.68. The molecule has 2 N–H and O–H groups in total. The number of carbonyl (C=O) groups is 2. The van der Waals surface area contributed by atoms with E-state index in [-0.39, 0.29) is 18.7 Å². The van der Waals surface area contributed by atoms with Gasteiger partial charge in [-0.3, -0.25) is 10.1 Å². The summed E-state index contributed by atoms with van der Waals surface area (Å²) in [6, 6.07) is 7.21. The van der Waals surface area contributed by atoms with Crippen molar-refractivity contribution in [2.45, 2.75) is 12.6 Å². The van der Waals surface area contributed by atoms with Crippen molar-refractivity contribution in [1.29, 1.82) is 0 Å². The molecule has 1 aromatic carbocycles. The van der Waals surface area contributed by atoms with Crippen LogP contribution in [0, 0.1) is 0 Å². The molecule has 1 saturated heterocycles. The Labute approximate surface area is 165 Å². The first-order valence-corrected chi connectivity index (χ1v) is 9.49. The minimum atomic E-state index is -0.961. The van der Waals surface area contributed by atoms with Crippen LogP contribution in [0.25, 0.3) is 0 Å². The summed E-state index contributed by atoms with van der Waals surface area (Å²) < 4.78 is 5.56. The summed E-state index contributed by atoms with van der Waals surface area (Å²) in [7, 11) is 1.59. The van der Waals surface area contributed by atoms with Gasteiger partial charge in [-0.05, 0) is 12.1 Å². The van der Waals surface area contributed by atoms with Gasteiger partial charge in [-0.15, -0.1) is 11.3 Å². The Hall–Kier alpha value is -2.36. The molecule has 3 rings (SSSR count). The summed E-state index contributed by atoms with van der Waals surface area (Å²) in [5, 5.41) is 14.1. The number of rotatable bonds is 5. The van der Waals surface area contributed by atoms with Crippen LogP contribution in [0.5, 0.6) is 0 Å². The van der Waals surface area contributed by atoms with Gasteiger partial charge in [0.1, 0.15) is 6.23 Å². The van der Waals surface area contributed by atoms with Crippen molar-refractivity contribution >= 4 is 45.8 Å². The van der Waals surface area contributed by atoms with E-state index in [9.17, 15) is 9.59 Å². The van der Waals surface area contributed by atoms with Crippen molar-refractivity contribution in [2.75, 3.05) is 37.0 Å². The molecule has 1 aliphatic heterocycles. The number of ether oxygens (including phenoxy) is 1. The van der Waals surface area contributed by atoms with Crippen LogP contribution >= 0.6 is 22.9 Å². The molecule has 10 heteroatoms. The topological polar surface area (TPSA) is 95.0 Å². The number of amides is 2. The van der Waals surface area contributed by atoms with Gasteiger partial charge in [-0.25, -0.2) is 9.78 Å². The highest BCUT2D eigenvalue weighted by Crippen LogP contribution is 2.29. The number of carboxylic acids is 1. The molecule has 1 aliphatic rings. The molecule has 0 bridgehead atoms. The number of nitrogens with one attached hydrogen (secondary N) is 1. The van der Waals surface area contributed by atoms with Gasteiger partial charge in [0.15, 0.2) is 5.13 Å². The monoisotopic (exact) mass is 410 g/mol. The number of para-hydroxylation sites is 1. The lowest BCUT2D eigenvalue weighted by Crippen LogP contribution is -2.56. The lowest BCUT2D eigenvalue weighted by Gasteiger charge is -2.41. The highest BCUT2D eigenvalue weighted by atomic mass is 35.5. The molecule has 1 fully saturated rings. The lowest BCUT2D eigenvalue weighted by molar-refractivity contribution is -0.136. The van der Waals surface area contributed by atoms with E-state index in [4.69, 9.17) is 21.4 Å². The Morgan fingerprint density at radius 2 is 2.19 bits per heavy atom. The molecule has 8 nitrogen and oxygen atoms in total. The zero-order chi connectivity index (χ0) is 19.4. The van der Waals surface area contributed by atoms with Crippen molar-refractivity contribution in [3.8, 4) is 0 Å². The molecule has 1 unspecified atom stereocenters. The summed E-state index contributed by atoms with van der Waals surface area (Å²) in [5.74, 6) is -0.961. The standard InChI is InChI=1S/C17H19ClN4O4S/c1-26-14-9-21(6-7-22(14)13-5-3-2-4-12(13)18)17(25)20-16-19-11(10-27-16)8-15(23)24/h2-5,10,14H,6-9H2,1H3,(H,23,24)(H,19,20,25). The summed E-state index contributed by atoms with van der Waals surface area (Å²) in [6.07, 6.45) is -0.502. The number of halogens is 1. The molecule has 27 heavy (non-hydrogen) atoms. The van der Waals surface area contributed by atoms with Crippen LogP contribution < -0.4 is 10.2 Å². The number of hydrogen-bond acceptors (Lipinski definition) is 6. The van der Waals surface area contributed by atoms with E-state index in [0.717, 1.165) is 5.69 Å². The van der Waals surface area contributed by atoms with Crippen molar-refractivity contribution in [1.82, 2.24) is 9.88 Å².